The molecule has 0 spiro atoms. The first-order valence-electron chi connectivity index (χ1n) is 4.71. The molecule has 0 aromatic heterocycles. The number of rotatable bonds is 8. The van der Waals surface area contributed by atoms with E-state index in [-0.39, 0.29) is 5.92 Å². The highest BCUT2D eigenvalue weighted by Gasteiger charge is 1.99. The zero-order valence-electron chi connectivity index (χ0n) is 8.51. The summed E-state index contributed by atoms with van der Waals surface area (Å²) in [4.78, 5) is 10.3. The average molecular weight is 185 g/mol. The van der Waals surface area contributed by atoms with E-state index in [0.717, 1.165) is 25.7 Å². The minimum Gasteiger partial charge on any atom is -0.480 e. The van der Waals surface area contributed by atoms with Crippen LogP contribution in [0.15, 0.2) is 12.5 Å². The van der Waals surface area contributed by atoms with Crippen LogP contribution in [-0.2, 0) is 9.53 Å². The molecule has 0 aromatic rings. The average Bonchev–Trinajstić information content (AvgIpc) is 2.14. The lowest BCUT2D eigenvalue weighted by molar-refractivity contribution is -0.110. The van der Waals surface area contributed by atoms with Crippen molar-refractivity contribution >= 4 is 6.29 Å². The van der Waals surface area contributed by atoms with Crippen LogP contribution in [0.2, 0.25) is 0 Å². The van der Waals surface area contributed by atoms with E-state index < -0.39 is 0 Å². The summed E-state index contributed by atoms with van der Waals surface area (Å²) in [5.74, 6) is 0.700. The Balaban J connectivity index is 3.31. The second kappa shape index (κ2) is 7.65. The van der Waals surface area contributed by atoms with Crippen molar-refractivity contribution in [3.05, 3.63) is 12.5 Å². The molecule has 0 saturated carbocycles. The lowest BCUT2D eigenvalue weighted by Gasteiger charge is -2.11. The van der Waals surface area contributed by atoms with Gasteiger partial charge in [-0.2, -0.15) is 0 Å². The molecule has 0 bridgehead atoms. The fourth-order valence-corrected chi connectivity index (χ4v) is 0.784. The molecule has 0 aliphatic heterocycles. The van der Waals surface area contributed by atoms with Gasteiger partial charge in [-0.3, -0.25) is 0 Å². The van der Waals surface area contributed by atoms with E-state index in [9.17, 15) is 4.79 Å². The maximum Gasteiger partial charge on any atom is 0.179 e. The van der Waals surface area contributed by atoms with Crippen molar-refractivity contribution < 1.29 is 9.53 Å². The van der Waals surface area contributed by atoms with Crippen molar-refractivity contribution in [1.82, 2.24) is 5.32 Å². The van der Waals surface area contributed by atoms with E-state index in [0.29, 0.717) is 12.5 Å². The molecule has 0 heterocycles. The first-order chi connectivity index (χ1) is 6.20. The second-order valence-electron chi connectivity index (χ2n) is 3.10. The third-order valence-electron chi connectivity index (χ3n) is 1.63. The van der Waals surface area contributed by atoms with E-state index in [1.165, 1.54) is 0 Å². The predicted molar refractivity (Wildman–Crippen MR) is 53.2 cm³/mol. The maximum atomic E-state index is 10.3. The van der Waals surface area contributed by atoms with Crippen LogP contribution in [0.3, 0.4) is 0 Å². The minimum absolute atomic E-state index is 0.103. The summed E-state index contributed by atoms with van der Waals surface area (Å²) < 4.78 is 5.21. The summed E-state index contributed by atoms with van der Waals surface area (Å²) in [6.45, 7) is 9.06. The highest BCUT2D eigenvalue weighted by atomic mass is 16.5. The lowest BCUT2D eigenvalue weighted by Crippen LogP contribution is -2.18. The Hall–Kier alpha value is -0.990. The van der Waals surface area contributed by atoms with Gasteiger partial charge in [-0.1, -0.05) is 13.8 Å². The van der Waals surface area contributed by atoms with Crippen LogP contribution in [0.5, 0.6) is 0 Å². The standard InChI is InChI=1S/C10H19NO2/c1-4-7-13-10(3)11-6-5-9(2)8-12/h8-9,11H,3-7H2,1-2H3/t9-/m0/s1. The number of aldehydes is 1. The van der Waals surface area contributed by atoms with Gasteiger partial charge in [0.2, 0.25) is 0 Å². The lowest BCUT2D eigenvalue weighted by atomic mass is 10.1. The van der Waals surface area contributed by atoms with Crippen LogP contribution in [0.4, 0.5) is 0 Å². The highest BCUT2D eigenvalue weighted by Crippen LogP contribution is 1.96. The molecule has 76 valence electrons. The first-order valence-corrected chi connectivity index (χ1v) is 4.71. The van der Waals surface area contributed by atoms with E-state index in [2.05, 4.69) is 11.9 Å². The van der Waals surface area contributed by atoms with Gasteiger partial charge in [-0.15, -0.1) is 0 Å². The smallest absolute Gasteiger partial charge is 0.179 e. The van der Waals surface area contributed by atoms with Crippen LogP contribution in [0.25, 0.3) is 0 Å². The second-order valence-corrected chi connectivity index (χ2v) is 3.10. The van der Waals surface area contributed by atoms with Crippen LogP contribution < -0.4 is 5.32 Å². The third-order valence-corrected chi connectivity index (χ3v) is 1.63. The number of hydrogen-bond acceptors (Lipinski definition) is 3. The Morgan fingerprint density at radius 1 is 1.69 bits per heavy atom. The van der Waals surface area contributed by atoms with Crippen molar-refractivity contribution in [2.45, 2.75) is 26.7 Å². The van der Waals surface area contributed by atoms with Gasteiger partial charge in [0.25, 0.3) is 0 Å². The molecular formula is C10H19NO2. The Bertz CT molecular complexity index is 157. The largest absolute Gasteiger partial charge is 0.480 e. The van der Waals surface area contributed by atoms with E-state index in [4.69, 9.17) is 4.74 Å². The Kier molecular flexibility index (Phi) is 7.07. The predicted octanol–water partition coefficient (Wildman–Crippen LogP) is 1.70. The molecule has 0 aliphatic carbocycles. The highest BCUT2D eigenvalue weighted by molar-refractivity contribution is 5.52. The summed E-state index contributed by atoms with van der Waals surface area (Å²) in [6.07, 6.45) is 2.75. The summed E-state index contributed by atoms with van der Waals surface area (Å²) in [7, 11) is 0. The van der Waals surface area contributed by atoms with Crippen LogP contribution in [0.1, 0.15) is 26.7 Å². The Morgan fingerprint density at radius 2 is 2.38 bits per heavy atom. The van der Waals surface area contributed by atoms with Gasteiger partial charge in [0, 0.05) is 12.5 Å². The SMILES string of the molecule is C=C(NCC[C@H](C)C=O)OCCC. The van der Waals surface area contributed by atoms with Gasteiger partial charge in [0.1, 0.15) is 6.29 Å². The minimum atomic E-state index is 0.103. The number of nitrogens with one attached hydrogen (secondary N) is 1. The van der Waals surface area contributed by atoms with Crippen molar-refractivity contribution in [2.75, 3.05) is 13.2 Å². The van der Waals surface area contributed by atoms with E-state index in [1.807, 2.05) is 13.8 Å². The number of ether oxygens (including phenoxy) is 1. The van der Waals surface area contributed by atoms with Crippen molar-refractivity contribution in [1.29, 1.82) is 0 Å². The molecule has 1 atom stereocenters. The van der Waals surface area contributed by atoms with Crippen molar-refractivity contribution in [3.8, 4) is 0 Å². The molecule has 3 heteroatoms. The van der Waals surface area contributed by atoms with Crippen LogP contribution >= 0.6 is 0 Å². The molecule has 0 fully saturated rings. The van der Waals surface area contributed by atoms with Gasteiger partial charge in [-0.05, 0) is 19.4 Å². The Morgan fingerprint density at radius 3 is 2.92 bits per heavy atom. The van der Waals surface area contributed by atoms with Crippen LogP contribution in [-0.4, -0.2) is 19.4 Å². The molecular weight excluding hydrogens is 166 g/mol. The van der Waals surface area contributed by atoms with Crippen molar-refractivity contribution in [3.63, 3.8) is 0 Å². The van der Waals surface area contributed by atoms with Gasteiger partial charge >= 0.3 is 0 Å². The zero-order valence-corrected chi connectivity index (χ0v) is 8.51. The van der Waals surface area contributed by atoms with Crippen molar-refractivity contribution in [2.24, 2.45) is 5.92 Å². The number of carbonyl (C=O) groups excluding carboxylic acids is 1. The van der Waals surface area contributed by atoms with Gasteiger partial charge in [0.15, 0.2) is 5.88 Å². The first kappa shape index (κ1) is 12.0. The summed E-state index contributed by atoms with van der Waals surface area (Å²) in [5.41, 5.74) is 0. The van der Waals surface area contributed by atoms with E-state index >= 15 is 0 Å². The summed E-state index contributed by atoms with van der Waals surface area (Å²) >= 11 is 0. The number of hydrogen-bond donors (Lipinski definition) is 1. The molecule has 13 heavy (non-hydrogen) atoms. The normalized spacial score (nSPS) is 11.8. The summed E-state index contributed by atoms with van der Waals surface area (Å²) in [6, 6.07) is 0. The fraction of sp³-hybridized carbons (Fsp3) is 0.700. The molecule has 3 nitrogen and oxygen atoms in total. The molecule has 0 rings (SSSR count). The fourth-order valence-electron chi connectivity index (χ4n) is 0.784. The molecule has 1 N–H and O–H groups in total. The maximum absolute atomic E-state index is 10.3. The molecule has 0 amide bonds. The molecule has 0 aromatic carbocycles. The third kappa shape index (κ3) is 7.37. The van der Waals surface area contributed by atoms with Crippen LogP contribution in [0, 0.1) is 5.92 Å². The Labute approximate surface area is 80.2 Å². The monoisotopic (exact) mass is 185 g/mol. The van der Waals surface area contributed by atoms with Gasteiger partial charge in [-0.25, -0.2) is 0 Å². The summed E-state index contributed by atoms with van der Waals surface area (Å²) in [5, 5.41) is 3.01. The van der Waals surface area contributed by atoms with E-state index in [1.54, 1.807) is 0 Å². The molecule has 0 aliphatic rings. The van der Waals surface area contributed by atoms with Gasteiger partial charge < -0.3 is 14.8 Å². The van der Waals surface area contributed by atoms with Gasteiger partial charge in [0.05, 0.1) is 6.61 Å². The molecule has 0 unspecified atom stereocenters. The quantitative estimate of drug-likeness (QED) is 0.462. The zero-order chi connectivity index (χ0) is 10.1. The number of carbonyl (C=O) groups is 1. The molecule has 0 radical (unpaired) electrons. The topological polar surface area (TPSA) is 38.3 Å². The molecule has 0 saturated heterocycles.